The summed E-state index contributed by atoms with van der Waals surface area (Å²) in [5.74, 6) is -2.14. The third-order valence-electron chi connectivity index (χ3n) is 1.99. The van der Waals surface area contributed by atoms with E-state index in [2.05, 4.69) is 0 Å². The van der Waals surface area contributed by atoms with Crippen molar-refractivity contribution in [3.63, 3.8) is 0 Å². The maximum Gasteiger partial charge on any atom is 0.307 e. The zero-order chi connectivity index (χ0) is 12.3. The van der Waals surface area contributed by atoms with Gasteiger partial charge in [0.1, 0.15) is 11.8 Å². The second-order valence-electron chi connectivity index (χ2n) is 3.02. The molecule has 4 nitrogen and oxygen atoms in total. The van der Waals surface area contributed by atoms with E-state index in [9.17, 15) is 18.7 Å². The Morgan fingerprint density at radius 3 is 2.56 bits per heavy atom. The standard InChI is InChI=1S/C10H7F2NO3/c11-10(12)8-5(3-7(14)15)1-2-6(4-13)9(8)16/h1-2,10,16H,3H2,(H,14,15). The lowest BCUT2D eigenvalue weighted by molar-refractivity contribution is -0.136. The zero-order valence-corrected chi connectivity index (χ0v) is 7.94. The minimum atomic E-state index is -3.03. The fourth-order valence-corrected chi connectivity index (χ4v) is 1.30. The van der Waals surface area contributed by atoms with Gasteiger partial charge in [0.2, 0.25) is 0 Å². The van der Waals surface area contributed by atoms with E-state index in [0.29, 0.717) is 0 Å². The summed E-state index contributed by atoms with van der Waals surface area (Å²) in [5.41, 5.74) is -1.29. The molecule has 0 radical (unpaired) electrons. The molecule has 0 bridgehead atoms. The highest BCUT2D eigenvalue weighted by Gasteiger charge is 2.21. The predicted molar refractivity (Wildman–Crippen MR) is 49.1 cm³/mol. The Morgan fingerprint density at radius 2 is 2.12 bits per heavy atom. The van der Waals surface area contributed by atoms with E-state index in [-0.39, 0.29) is 11.1 Å². The van der Waals surface area contributed by atoms with Gasteiger partial charge in [0.15, 0.2) is 0 Å². The summed E-state index contributed by atoms with van der Waals surface area (Å²) in [6, 6.07) is 3.76. The molecule has 0 spiro atoms. The van der Waals surface area contributed by atoms with Crippen molar-refractivity contribution in [1.82, 2.24) is 0 Å². The maximum atomic E-state index is 12.6. The van der Waals surface area contributed by atoms with Crippen LogP contribution in [0.2, 0.25) is 0 Å². The molecule has 0 aliphatic heterocycles. The van der Waals surface area contributed by atoms with Crippen molar-refractivity contribution in [3.05, 3.63) is 28.8 Å². The van der Waals surface area contributed by atoms with Crippen LogP contribution in [0.1, 0.15) is 23.1 Å². The Kier molecular flexibility index (Phi) is 3.40. The van der Waals surface area contributed by atoms with E-state index in [1.807, 2.05) is 0 Å². The lowest BCUT2D eigenvalue weighted by Crippen LogP contribution is -2.05. The fraction of sp³-hybridized carbons (Fsp3) is 0.200. The molecule has 0 saturated heterocycles. The third-order valence-corrected chi connectivity index (χ3v) is 1.99. The van der Waals surface area contributed by atoms with Crippen LogP contribution >= 0.6 is 0 Å². The first-order valence-corrected chi connectivity index (χ1v) is 4.22. The van der Waals surface area contributed by atoms with Gasteiger partial charge in [-0.3, -0.25) is 4.79 Å². The molecule has 0 atom stereocenters. The monoisotopic (exact) mass is 227 g/mol. The minimum Gasteiger partial charge on any atom is -0.506 e. The molecule has 0 aliphatic rings. The number of aromatic hydroxyl groups is 1. The van der Waals surface area contributed by atoms with Crippen LogP contribution < -0.4 is 0 Å². The number of hydrogen-bond acceptors (Lipinski definition) is 3. The van der Waals surface area contributed by atoms with Gasteiger partial charge in [-0.1, -0.05) is 6.07 Å². The summed E-state index contributed by atoms with van der Waals surface area (Å²) in [6.45, 7) is 0. The van der Waals surface area contributed by atoms with Crippen LogP contribution in [-0.4, -0.2) is 16.2 Å². The summed E-state index contributed by atoms with van der Waals surface area (Å²) in [7, 11) is 0. The lowest BCUT2D eigenvalue weighted by atomic mass is 10.0. The van der Waals surface area contributed by atoms with Gasteiger partial charge >= 0.3 is 5.97 Å². The van der Waals surface area contributed by atoms with Crippen LogP contribution in [0, 0.1) is 11.3 Å². The first-order valence-electron chi connectivity index (χ1n) is 4.22. The summed E-state index contributed by atoms with van der Waals surface area (Å²) in [6.07, 6.45) is -3.65. The van der Waals surface area contributed by atoms with Gasteiger partial charge in [-0.15, -0.1) is 0 Å². The number of aliphatic carboxylic acids is 1. The number of rotatable bonds is 3. The maximum absolute atomic E-state index is 12.6. The van der Waals surface area contributed by atoms with Crippen molar-refractivity contribution in [2.24, 2.45) is 0 Å². The van der Waals surface area contributed by atoms with Crippen LogP contribution in [0.5, 0.6) is 5.75 Å². The normalized spacial score (nSPS) is 10.1. The Labute approximate surface area is 89.4 Å². The summed E-state index contributed by atoms with van der Waals surface area (Å²) in [5, 5.41) is 26.4. The summed E-state index contributed by atoms with van der Waals surface area (Å²) < 4.78 is 25.2. The van der Waals surface area contributed by atoms with E-state index in [1.54, 1.807) is 6.07 Å². The van der Waals surface area contributed by atoms with Crippen molar-refractivity contribution >= 4 is 5.97 Å². The molecule has 0 aromatic heterocycles. The van der Waals surface area contributed by atoms with Gasteiger partial charge in [-0.2, -0.15) is 5.26 Å². The van der Waals surface area contributed by atoms with Gasteiger partial charge in [0.05, 0.1) is 17.5 Å². The predicted octanol–water partition coefficient (Wildman–Crippen LogP) is 1.83. The summed E-state index contributed by atoms with van der Waals surface area (Å²) >= 11 is 0. The molecule has 6 heteroatoms. The van der Waals surface area contributed by atoms with Crippen LogP contribution in [-0.2, 0) is 11.2 Å². The Morgan fingerprint density at radius 1 is 1.50 bits per heavy atom. The number of nitrogens with zero attached hydrogens (tertiary/aromatic N) is 1. The molecule has 84 valence electrons. The fourth-order valence-electron chi connectivity index (χ4n) is 1.30. The molecular formula is C10H7F2NO3. The van der Waals surface area contributed by atoms with E-state index >= 15 is 0 Å². The molecular weight excluding hydrogens is 220 g/mol. The highest BCUT2D eigenvalue weighted by atomic mass is 19.3. The van der Waals surface area contributed by atoms with E-state index in [1.165, 1.54) is 0 Å². The molecule has 2 N–H and O–H groups in total. The lowest BCUT2D eigenvalue weighted by Gasteiger charge is -2.10. The second kappa shape index (κ2) is 4.57. The average Bonchev–Trinajstić information content (AvgIpc) is 2.16. The van der Waals surface area contributed by atoms with Crippen molar-refractivity contribution < 1.29 is 23.8 Å². The first-order chi connectivity index (χ1) is 7.47. The van der Waals surface area contributed by atoms with Crippen LogP contribution in [0.3, 0.4) is 0 Å². The molecule has 0 heterocycles. The van der Waals surface area contributed by atoms with Crippen molar-refractivity contribution in [1.29, 1.82) is 5.26 Å². The van der Waals surface area contributed by atoms with Crippen molar-refractivity contribution in [2.45, 2.75) is 12.8 Å². The molecule has 0 amide bonds. The highest BCUT2D eigenvalue weighted by Crippen LogP contribution is 2.34. The minimum absolute atomic E-state index is 0.195. The van der Waals surface area contributed by atoms with Gasteiger partial charge < -0.3 is 10.2 Å². The van der Waals surface area contributed by atoms with Crippen LogP contribution in [0.15, 0.2) is 12.1 Å². The number of nitriles is 1. The number of phenolic OH excluding ortho intramolecular Hbond substituents is 1. The van der Waals surface area contributed by atoms with E-state index in [0.717, 1.165) is 12.1 Å². The SMILES string of the molecule is N#Cc1ccc(CC(=O)O)c(C(F)F)c1O. The van der Waals surface area contributed by atoms with Gasteiger partial charge in [0.25, 0.3) is 6.43 Å². The number of carboxylic acids is 1. The van der Waals surface area contributed by atoms with E-state index in [4.69, 9.17) is 10.4 Å². The number of benzene rings is 1. The number of halogens is 2. The molecule has 0 fully saturated rings. The molecule has 1 aromatic carbocycles. The number of carbonyl (C=O) groups is 1. The number of carboxylic acid groups (broad SMARTS) is 1. The van der Waals surface area contributed by atoms with Crippen LogP contribution in [0.25, 0.3) is 0 Å². The number of hydrogen-bond donors (Lipinski definition) is 2. The first kappa shape index (κ1) is 11.9. The van der Waals surface area contributed by atoms with E-state index < -0.39 is 30.1 Å². The topological polar surface area (TPSA) is 81.3 Å². The van der Waals surface area contributed by atoms with Crippen molar-refractivity contribution in [2.75, 3.05) is 0 Å². The Hall–Kier alpha value is -2.16. The quantitative estimate of drug-likeness (QED) is 0.825. The molecule has 16 heavy (non-hydrogen) atoms. The Balaban J connectivity index is 3.35. The molecule has 0 unspecified atom stereocenters. The summed E-state index contributed by atoms with van der Waals surface area (Å²) in [4.78, 5) is 10.4. The zero-order valence-electron chi connectivity index (χ0n) is 7.94. The van der Waals surface area contributed by atoms with Gasteiger partial charge in [0, 0.05) is 0 Å². The molecule has 1 rings (SSSR count). The van der Waals surface area contributed by atoms with Crippen LogP contribution in [0.4, 0.5) is 8.78 Å². The second-order valence-corrected chi connectivity index (χ2v) is 3.02. The van der Waals surface area contributed by atoms with Gasteiger partial charge in [-0.05, 0) is 11.6 Å². The van der Waals surface area contributed by atoms with Gasteiger partial charge in [-0.25, -0.2) is 8.78 Å². The largest absolute Gasteiger partial charge is 0.506 e. The average molecular weight is 227 g/mol. The highest BCUT2D eigenvalue weighted by molar-refractivity contribution is 5.71. The molecule has 0 saturated carbocycles. The number of alkyl halides is 2. The molecule has 0 aliphatic carbocycles. The third kappa shape index (κ3) is 2.25. The van der Waals surface area contributed by atoms with Crippen molar-refractivity contribution in [3.8, 4) is 11.8 Å². The molecule has 1 aromatic rings. The smallest absolute Gasteiger partial charge is 0.307 e. The Bertz CT molecular complexity index is 466. The number of phenols is 1.